The van der Waals surface area contributed by atoms with E-state index in [4.69, 9.17) is 5.73 Å². The molecule has 0 aliphatic heterocycles. The maximum Gasteiger partial charge on any atom is 0.243 e. The van der Waals surface area contributed by atoms with Gasteiger partial charge in [-0.2, -0.15) is 0 Å². The van der Waals surface area contributed by atoms with Crippen LogP contribution in [0.4, 0.5) is 5.69 Å². The number of phenols is 1. The van der Waals surface area contributed by atoms with Crippen LogP contribution in [-0.2, 0) is 11.2 Å². The van der Waals surface area contributed by atoms with E-state index in [1.165, 1.54) is 10.5 Å². The number of anilines is 1. The number of carbonyl (C=O) groups excluding carboxylic acids is 1. The minimum absolute atomic E-state index is 0.130. The molecule has 0 fully saturated rings. The minimum atomic E-state index is -0.558. The highest BCUT2D eigenvalue weighted by molar-refractivity contribution is 5.96. The van der Waals surface area contributed by atoms with Crippen LogP contribution in [0, 0.1) is 0 Å². The normalized spacial score (nSPS) is 11.9. The molecule has 0 saturated heterocycles. The summed E-state index contributed by atoms with van der Waals surface area (Å²) < 4.78 is 0. The summed E-state index contributed by atoms with van der Waals surface area (Å²) in [6, 6.07) is 16.0. The van der Waals surface area contributed by atoms with Crippen molar-refractivity contribution in [2.24, 2.45) is 5.73 Å². The van der Waals surface area contributed by atoms with Crippen molar-refractivity contribution in [1.29, 1.82) is 0 Å². The van der Waals surface area contributed by atoms with Gasteiger partial charge in [-0.05, 0) is 30.5 Å². The molecule has 0 spiro atoms. The Bertz CT molecular complexity index is 599. The van der Waals surface area contributed by atoms with Gasteiger partial charge in [-0.15, -0.1) is 0 Å². The summed E-state index contributed by atoms with van der Waals surface area (Å²) in [4.78, 5) is 13.8. The number of nitrogens with zero attached hydrogens (tertiary/aromatic N) is 1. The maximum absolute atomic E-state index is 12.3. The first-order chi connectivity index (χ1) is 10.1. The first kappa shape index (κ1) is 15.1. The van der Waals surface area contributed by atoms with Crippen molar-refractivity contribution >= 4 is 11.6 Å². The molecule has 2 rings (SSSR count). The van der Waals surface area contributed by atoms with E-state index >= 15 is 0 Å². The first-order valence-corrected chi connectivity index (χ1v) is 6.94. The Balaban J connectivity index is 1.95. The third-order valence-corrected chi connectivity index (χ3v) is 3.45. The fourth-order valence-corrected chi connectivity index (χ4v) is 2.17. The number of hydrogen-bond acceptors (Lipinski definition) is 3. The van der Waals surface area contributed by atoms with Gasteiger partial charge in [0.2, 0.25) is 5.91 Å². The van der Waals surface area contributed by atoms with E-state index < -0.39 is 6.04 Å². The standard InChI is InChI=1S/C17H20N2O2/c1-19(14-8-5-9-15(20)12-14)17(21)16(18)11-10-13-6-3-2-4-7-13/h2-9,12,16,20H,10-11,18H2,1H3/t16-/m0/s1. The molecule has 1 amide bonds. The summed E-state index contributed by atoms with van der Waals surface area (Å²) in [7, 11) is 1.67. The van der Waals surface area contributed by atoms with Crippen molar-refractivity contribution in [2.45, 2.75) is 18.9 Å². The summed E-state index contributed by atoms with van der Waals surface area (Å²) in [5, 5.41) is 9.47. The van der Waals surface area contributed by atoms with Crippen LogP contribution >= 0.6 is 0 Å². The molecule has 0 heterocycles. The Morgan fingerprint density at radius 2 is 1.90 bits per heavy atom. The van der Waals surface area contributed by atoms with Crippen LogP contribution in [-0.4, -0.2) is 24.1 Å². The van der Waals surface area contributed by atoms with E-state index in [2.05, 4.69) is 0 Å². The van der Waals surface area contributed by atoms with E-state index in [9.17, 15) is 9.90 Å². The Hall–Kier alpha value is -2.33. The molecule has 0 saturated carbocycles. The molecule has 4 heteroatoms. The van der Waals surface area contributed by atoms with Gasteiger partial charge in [0.1, 0.15) is 5.75 Å². The van der Waals surface area contributed by atoms with Crippen molar-refractivity contribution in [3.63, 3.8) is 0 Å². The fraction of sp³-hybridized carbons (Fsp3) is 0.235. The Morgan fingerprint density at radius 3 is 2.57 bits per heavy atom. The van der Waals surface area contributed by atoms with Gasteiger partial charge >= 0.3 is 0 Å². The maximum atomic E-state index is 12.3. The molecule has 2 aromatic rings. The summed E-state index contributed by atoms with van der Waals surface area (Å²) >= 11 is 0. The van der Waals surface area contributed by atoms with E-state index in [1.54, 1.807) is 31.3 Å². The van der Waals surface area contributed by atoms with Gasteiger partial charge in [0.15, 0.2) is 0 Å². The third-order valence-electron chi connectivity index (χ3n) is 3.45. The lowest BCUT2D eigenvalue weighted by Crippen LogP contribution is -2.42. The second-order valence-corrected chi connectivity index (χ2v) is 5.05. The zero-order chi connectivity index (χ0) is 15.2. The Morgan fingerprint density at radius 1 is 1.19 bits per heavy atom. The highest BCUT2D eigenvalue weighted by Gasteiger charge is 2.19. The molecule has 21 heavy (non-hydrogen) atoms. The second-order valence-electron chi connectivity index (χ2n) is 5.05. The number of benzene rings is 2. The topological polar surface area (TPSA) is 66.6 Å². The number of carbonyl (C=O) groups is 1. The van der Waals surface area contributed by atoms with Crippen molar-refractivity contribution in [1.82, 2.24) is 0 Å². The molecule has 110 valence electrons. The quantitative estimate of drug-likeness (QED) is 0.885. The van der Waals surface area contributed by atoms with Crippen LogP contribution in [0.2, 0.25) is 0 Å². The molecule has 0 radical (unpaired) electrons. The third kappa shape index (κ3) is 4.07. The van der Waals surface area contributed by atoms with Crippen molar-refractivity contribution < 1.29 is 9.90 Å². The number of nitrogens with two attached hydrogens (primary N) is 1. The summed E-state index contributed by atoms with van der Waals surface area (Å²) in [6.07, 6.45) is 1.35. The summed E-state index contributed by atoms with van der Waals surface area (Å²) in [6.45, 7) is 0. The number of amides is 1. The number of rotatable bonds is 5. The van der Waals surface area contributed by atoms with Gasteiger partial charge in [-0.1, -0.05) is 36.4 Å². The van der Waals surface area contributed by atoms with Gasteiger partial charge in [0.25, 0.3) is 0 Å². The number of hydrogen-bond donors (Lipinski definition) is 2. The predicted octanol–water partition coefficient (Wildman–Crippen LogP) is 2.32. The summed E-state index contributed by atoms with van der Waals surface area (Å²) in [5.74, 6) is -0.0264. The number of aryl methyl sites for hydroxylation is 1. The Labute approximate surface area is 124 Å². The van der Waals surface area contributed by atoms with E-state index in [0.29, 0.717) is 12.1 Å². The van der Waals surface area contributed by atoms with E-state index in [0.717, 1.165) is 6.42 Å². The molecule has 0 bridgehead atoms. The molecule has 0 aromatic heterocycles. The fourth-order valence-electron chi connectivity index (χ4n) is 2.17. The number of aromatic hydroxyl groups is 1. The van der Waals surface area contributed by atoms with Crippen molar-refractivity contribution in [2.75, 3.05) is 11.9 Å². The zero-order valence-electron chi connectivity index (χ0n) is 12.1. The SMILES string of the molecule is CN(C(=O)[C@@H](N)CCc1ccccc1)c1cccc(O)c1. The number of phenolic OH excluding ortho intramolecular Hbond substituents is 1. The van der Waals surface area contributed by atoms with Crippen molar-refractivity contribution in [3.8, 4) is 5.75 Å². The summed E-state index contributed by atoms with van der Waals surface area (Å²) in [5.41, 5.74) is 7.79. The molecule has 1 atom stereocenters. The molecule has 0 aliphatic rings. The highest BCUT2D eigenvalue weighted by atomic mass is 16.3. The molecular formula is C17H20N2O2. The van der Waals surface area contributed by atoms with Gasteiger partial charge in [0.05, 0.1) is 6.04 Å². The smallest absolute Gasteiger partial charge is 0.243 e. The van der Waals surface area contributed by atoms with Gasteiger partial charge < -0.3 is 15.7 Å². The lowest BCUT2D eigenvalue weighted by atomic mass is 10.0. The first-order valence-electron chi connectivity index (χ1n) is 6.94. The van der Waals surface area contributed by atoms with Crippen LogP contribution in [0.15, 0.2) is 54.6 Å². The minimum Gasteiger partial charge on any atom is -0.508 e. The molecule has 0 aliphatic carbocycles. The zero-order valence-corrected chi connectivity index (χ0v) is 12.1. The second kappa shape index (κ2) is 6.90. The van der Waals surface area contributed by atoms with Gasteiger partial charge in [-0.3, -0.25) is 4.79 Å². The van der Waals surface area contributed by atoms with Gasteiger partial charge in [-0.25, -0.2) is 0 Å². The van der Waals surface area contributed by atoms with Crippen molar-refractivity contribution in [3.05, 3.63) is 60.2 Å². The van der Waals surface area contributed by atoms with Crippen LogP contribution in [0.5, 0.6) is 5.75 Å². The largest absolute Gasteiger partial charge is 0.508 e. The number of likely N-dealkylation sites (N-methyl/N-ethyl adjacent to an activating group) is 1. The molecular weight excluding hydrogens is 264 g/mol. The van der Waals surface area contributed by atoms with Crippen LogP contribution in [0.25, 0.3) is 0 Å². The average molecular weight is 284 g/mol. The van der Waals surface area contributed by atoms with Crippen LogP contribution in [0.1, 0.15) is 12.0 Å². The molecule has 0 unspecified atom stereocenters. The van der Waals surface area contributed by atoms with E-state index in [1.807, 2.05) is 30.3 Å². The monoisotopic (exact) mass is 284 g/mol. The lowest BCUT2D eigenvalue weighted by molar-refractivity contribution is -0.119. The van der Waals surface area contributed by atoms with Crippen LogP contribution in [0.3, 0.4) is 0 Å². The Kier molecular flexibility index (Phi) is 4.95. The van der Waals surface area contributed by atoms with Crippen LogP contribution < -0.4 is 10.6 Å². The molecule has 4 nitrogen and oxygen atoms in total. The lowest BCUT2D eigenvalue weighted by Gasteiger charge is -2.21. The highest BCUT2D eigenvalue weighted by Crippen LogP contribution is 2.19. The van der Waals surface area contributed by atoms with E-state index in [-0.39, 0.29) is 11.7 Å². The molecule has 2 aromatic carbocycles. The average Bonchev–Trinajstić information content (AvgIpc) is 2.52. The van der Waals surface area contributed by atoms with Gasteiger partial charge in [0, 0.05) is 18.8 Å². The predicted molar refractivity (Wildman–Crippen MR) is 84.3 cm³/mol. The molecule has 3 N–H and O–H groups in total.